The first-order chi connectivity index (χ1) is 5.45. The van der Waals surface area contributed by atoms with Gasteiger partial charge in [0.05, 0.1) is 6.07 Å². The second kappa shape index (κ2) is 4.94. The van der Waals surface area contributed by atoms with Crippen LogP contribution in [-0.2, 0) is 4.79 Å². The Bertz CT molecular complexity index is 190. The Hall–Kier alpha value is -0.823. The van der Waals surface area contributed by atoms with Crippen LogP contribution in [0, 0.1) is 11.3 Å². The molecular formula is C8H16N2OSi. The zero-order chi connectivity index (χ0) is 9.61. The molecule has 0 aliphatic heterocycles. The van der Waals surface area contributed by atoms with Gasteiger partial charge in [0.25, 0.3) is 0 Å². The summed E-state index contributed by atoms with van der Waals surface area (Å²) in [5.41, 5.74) is 0. The smallest absolute Gasteiger partial charge is 0.220 e. The lowest BCUT2D eigenvalue weighted by Gasteiger charge is -2.14. The second-order valence-electron chi connectivity index (χ2n) is 4.00. The van der Waals surface area contributed by atoms with Gasteiger partial charge < -0.3 is 5.32 Å². The molecule has 0 aromatic heterocycles. The largest absolute Gasteiger partial charge is 0.343 e. The molecule has 0 saturated carbocycles. The molecule has 0 unspecified atom stereocenters. The summed E-state index contributed by atoms with van der Waals surface area (Å²) in [6, 6.07) is 2.87. The maximum Gasteiger partial charge on any atom is 0.220 e. The van der Waals surface area contributed by atoms with Crippen molar-refractivity contribution in [2.75, 3.05) is 6.54 Å². The predicted octanol–water partition coefficient (Wildman–Crippen LogP) is 1.35. The van der Waals surface area contributed by atoms with Crippen LogP contribution >= 0.6 is 0 Å². The Kier molecular flexibility index (Phi) is 4.60. The van der Waals surface area contributed by atoms with Gasteiger partial charge in [-0.15, -0.1) is 0 Å². The zero-order valence-electron chi connectivity index (χ0n) is 7.98. The maximum absolute atomic E-state index is 11.0. The molecule has 0 saturated heterocycles. The number of carbonyl (C=O) groups is 1. The lowest BCUT2D eigenvalue weighted by Crippen LogP contribution is -2.27. The van der Waals surface area contributed by atoms with Gasteiger partial charge in [0.15, 0.2) is 0 Å². The number of hydrogen-bond donors (Lipinski definition) is 1. The molecule has 0 heterocycles. The molecule has 68 valence electrons. The Labute approximate surface area is 74.8 Å². The van der Waals surface area contributed by atoms with E-state index >= 15 is 0 Å². The van der Waals surface area contributed by atoms with Gasteiger partial charge >= 0.3 is 0 Å². The topological polar surface area (TPSA) is 52.9 Å². The average molecular weight is 184 g/mol. The number of rotatable bonds is 4. The Morgan fingerprint density at radius 2 is 2.08 bits per heavy atom. The van der Waals surface area contributed by atoms with Crippen LogP contribution < -0.4 is 5.32 Å². The standard InChI is InChI=1S/C8H16N2OSi/c1-12(2,3)7-4-8(11)10-6-5-9/h4,6-7H2,1-3H3,(H,10,11). The van der Waals surface area contributed by atoms with Gasteiger partial charge in [-0.05, 0) is 6.04 Å². The van der Waals surface area contributed by atoms with Gasteiger partial charge in [-0.3, -0.25) is 4.79 Å². The first kappa shape index (κ1) is 11.2. The molecule has 0 aromatic carbocycles. The van der Waals surface area contributed by atoms with E-state index in [0.29, 0.717) is 6.42 Å². The van der Waals surface area contributed by atoms with E-state index in [1.807, 2.05) is 6.07 Å². The van der Waals surface area contributed by atoms with E-state index in [2.05, 4.69) is 25.0 Å². The van der Waals surface area contributed by atoms with Crippen molar-refractivity contribution in [3.05, 3.63) is 0 Å². The normalized spacial score (nSPS) is 10.5. The molecule has 0 radical (unpaired) electrons. The van der Waals surface area contributed by atoms with Crippen LogP contribution in [0.3, 0.4) is 0 Å². The highest BCUT2D eigenvalue weighted by Gasteiger charge is 2.14. The molecule has 0 rings (SSSR count). The lowest BCUT2D eigenvalue weighted by atomic mass is 10.4. The van der Waals surface area contributed by atoms with E-state index in [1.54, 1.807) is 0 Å². The van der Waals surface area contributed by atoms with Gasteiger partial charge in [0.1, 0.15) is 6.54 Å². The summed E-state index contributed by atoms with van der Waals surface area (Å²) in [5, 5.41) is 10.7. The summed E-state index contributed by atoms with van der Waals surface area (Å²) >= 11 is 0. The van der Waals surface area contributed by atoms with E-state index in [1.165, 1.54) is 0 Å². The van der Waals surface area contributed by atoms with Gasteiger partial charge in [0, 0.05) is 14.5 Å². The highest BCUT2D eigenvalue weighted by Crippen LogP contribution is 2.10. The number of hydrogen-bond acceptors (Lipinski definition) is 2. The Morgan fingerprint density at radius 1 is 1.50 bits per heavy atom. The molecule has 0 bridgehead atoms. The van der Waals surface area contributed by atoms with Crippen LogP contribution in [0.15, 0.2) is 0 Å². The molecule has 1 amide bonds. The molecule has 4 heteroatoms. The minimum Gasteiger partial charge on any atom is -0.343 e. The number of amides is 1. The van der Waals surface area contributed by atoms with E-state index in [4.69, 9.17) is 5.26 Å². The fraction of sp³-hybridized carbons (Fsp3) is 0.750. The first-order valence-corrected chi connectivity index (χ1v) is 7.80. The van der Waals surface area contributed by atoms with Crippen molar-refractivity contribution in [1.29, 1.82) is 5.26 Å². The second-order valence-corrected chi connectivity index (χ2v) is 9.62. The van der Waals surface area contributed by atoms with Gasteiger partial charge in [-0.2, -0.15) is 5.26 Å². The van der Waals surface area contributed by atoms with E-state index in [-0.39, 0.29) is 12.5 Å². The molecule has 12 heavy (non-hydrogen) atoms. The molecule has 1 N–H and O–H groups in total. The molecule has 0 aromatic rings. The number of nitrogens with one attached hydrogen (secondary N) is 1. The van der Waals surface area contributed by atoms with E-state index in [0.717, 1.165) is 6.04 Å². The SMILES string of the molecule is C[Si](C)(C)CCC(=O)NCC#N. The molecule has 0 atom stereocenters. The minimum atomic E-state index is -1.10. The van der Waals surface area contributed by atoms with Crippen LogP contribution in [-0.4, -0.2) is 20.5 Å². The van der Waals surface area contributed by atoms with Crippen molar-refractivity contribution in [2.24, 2.45) is 0 Å². The predicted molar refractivity (Wildman–Crippen MR) is 51.4 cm³/mol. The highest BCUT2D eigenvalue weighted by atomic mass is 28.3. The van der Waals surface area contributed by atoms with Crippen LogP contribution in [0.2, 0.25) is 25.7 Å². The van der Waals surface area contributed by atoms with Crippen molar-refractivity contribution in [3.8, 4) is 6.07 Å². The zero-order valence-corrected chi connectivity index (χ0v) is 8.98. The third kappa shape index (κ3) is 7.29. The Morgan fingerprint density at radius 3 is 2.50 bits per heavy atom. The van der Waals surface area contributed by atoms with Crippen LogP contribution in [0.4, 0.5) is 0 Å². The highest BCUT2D eigenvalue weighted by molar-refractivity contribution is 6.76. The third-order valence-electron chi connectivity index (χ3n) is 1.47. The van der Waals surface area contributed by atoms with E-state index < -0.39 is 8.07 Å². The summed E-state index contributed by atoms with van der Waals surface area (Å²) in [6.45, 7) is 6.81. The van der Waals surface area contributed by atoms with Crippen molar-refractivity contribution in [1.82, 2.24) is 5.32 Å². The molecule has 3 nitrogen and oxygen atoms in total. The fourth-order valence-electron chi connectivity index (χ4n) is 0.715. The maximum atomic E-state index is 11.0. The number of carbonyl (C=O) groups excluding carboxylic acids is 1. The minimum absolute atomic E-state index is 0.000949. The van der Waals surface area contributed by atoms with E-state index in [9.17, 15) is 4.79 Å². The number of nitriles is 1. The van der Waals surface area contributed by atoms with Crippen molar-refractivity contribution in [3.63, 3.8) is 0 Å². The molecule has 0 spiro atoms. The van der Waals surface area contributed by atoms with Crippen molar-refractivity contribution in [2.45, 2.75) is 32.1 Å². The molecular weight excluding hydrogens is 168 g/mol. The summed E-state index contributed by atoms with van der Waals surface area (Å²) in [4.78, 5) is 11.0. The van der Waals surface area contributed by atoms with Crippen LogP contribution in [0.1, 0.15) is 6.42 Å². The monoisotopic (exact) mass is 184 g/mol. The molecule has 0 aliphatic carbocycles. The number of nitrogens with zero attached hydrogens (tertiary/aromatic N) is 1. The summed E-state index contributed by atoms with van der Waals surface area (Å²) in [5.74, 6) is -0.000949. The average Bonchev–Trinajstić information content (AvgIpc) is 1.95. The molecule has 0 fully saturated rings. The first-order valence-electron chi connectivity index (χ1n) is 4.09. The van der Waals surface area contributed by atoms with Crippen molar-refractivity contribution >= 4 is 14.0 Å². The molecule has 0 aliphatic rings. The third-order valence-corrected chi connectivity index (χ3v) is 3.22. The van der Waals surface area contributed by atoms with Crippen molar-refractivity contribution < 1.29 is 4.79 Å². The summed E-state index contributed by atoms with van der Waals surface area (Å²) in [6.07, 6.45) is 0.567. The quantitative estimate of drug-likeness (QED) is 0.530. The van der Waals surface area contributed by atoms with Gasteiger partial charge in [0.2, 0.25) is 5.91 Å². The Balaban J connectivity index is 3.53. The summed E-state index contributed by atoms with van der Waals surface area (Å²) in [7, 11) is -1.10. The lowest BCUT2D eigenvalue weighted by molar-refractivity contribution is -0.120. The van der Waals surface area contributed by atoms with Crippen LogP contribution in [0.25, 0.3) is 0 Å². The van der Waals surface area contributed by atoms with Gasteiger partial charge in [-0.25, -0.2) is 0 Å². The van der Waals surface area contributed by atoms with Crippen LogP contribution in [0.5, 0.6) is 0 Å². The summed E-state index contributed by atoms with van der Waals surface area (Å²) < 4.78 is 0. The fourth-order valence-corrected chi connectivity index (χ4v) is 1.69. The van der Waals surface area contributed by atoms with Gasteiger partial charge in [-0.1, -0.05) is 19.6 Å².